The Balaban J connectivity index is 1.79. The molecule has 0 unspecified atom stereocenters. The van der Waals surface area contributed by atoms with Crippen LogP contribution in [0.1, 0.15) is 17.2 Å². The number of hydrogen-bond donors (Lipinski definition) is 1. The van der Waals surface area contributed by atoms with Gasteiger partial charge in [0.2, 0.25) is 0 Å². The Morgan fingerprint density at radius 2 is 2.04 bits per heavy atom. The summed E-state index contributed by atoms with van der Waals surface area (Å²) in [6.07, 6.45) is -0.868. The molecule has 2 aromatic rings. The van der Waals surface area contributed by atoms with Crippen molar-refractivity contribution < 1.29 is 18.3 Å². The van der Waals surface area contributed by atoms with Gasteiger partial charge in [-0.25, -0.2) is 0 Å². The van der Waals surface area contributed by atoms with Crippen molar-refractivity contribution >= 4 is 5.82 Å². The summed E-state index contributed by atoms with van der Waals surface area (Å²) in [5, 5.41) is 20.6. The van der Waals surface area contributed by atoms with Gasteiger partial charge in [-0.3, -0.25) is 4.68 Å². The fraction of sp³-hybridized carbons (Fsp3) is 0.500. The molecule has 0 aliphatic carbocycles. The van der Waals surface area contributed by atoms with Crippen LogP contribution >= 0.6 is 0 Å². The molecular weight excluding hydrogens is 311 g/mol. The molecule has 0 aromatic carbocycles. The van der Waals surface area contributed by atoms with Crippen molar-refractivity contribution in [1.82, 2.24) is 20.0 Å². The van der Waals surface area contributed by atoms with Crippen molar-refractivity contribution in [2.45, 2.75) is 12.1 Å². The summed E-state index contributed by atoms with van der Waals surface area (Å²) in [6.45, 7) is 1.05. The number of aliphatic hydroxyl groups is 1. The van der Waals surface area contributed by atoms with E-state index in [2.05, 4.69) is 15.3 Å². The van der Waals surface area contributed by atoms with Gasteiger partial charge in [0.15, 0.2) is 11.5 Å². The molecule has 6 nitrogen and oxygen atoms in total. The van der Waals surface area contributed by atoms with E-state index in [1.54, 1.807) is 10.9 Å². The molecule has 3 heterocycles. The highest BCUT2D eigenvalue weighted by Gasteiger charge is 2.36. The zero-order valence-electron chi connectivity index (χ0n) is 12.4. The number of aryl methyl sites for hydroxylation is 1. The van der Waals surface area contributed by atoms with E-state index < -0.39 is 11.9 Å². The molecular formula is C14H16F3N5O. The lowest BCUT2D eigenvalue weighted by Gasteiger charge is -2.17. The molecule has 124 valence electrons. The summed E-state index contributed by atoms with van der Waals surface area (Å²) < 4.78 is 39.3. The van der Waals surface area contributed by atoms with Crippen LogP contribution in [0.25, 0.3) is 0 Å². The summed E-state index contributed by atoms with van der Waals surface area (Å²) in [7, 11) is 1.81. The van der Waals surface area contributed by atoms with Crippen LogP contribution in [0.3, 0.4) is 0 Å². The molecule has 1 aliphatic heterocycles. The molecule has 0 radical (unpaired) electrons. The Morgan fingerprint density at radius 1 is 1.26 bits per heavy atom. The van der Waals surface area contributed by atoms with Crippen LogP contribution in [0.2, 0.25) is 0 Å². The second-order valence-corrected chi connectivity index (χ2v) is 5.68. The maximum absolute atomic E-state index is 12.5. The number of aliphatic hydroxyl groups excluding tert-OH is 1. The maximum Gasteiger partial charge on any atom is 0.435 e. The average molecular weight is 327 g/mol. The summed E-state index contributed by atoms with van der Waals surface area (Å²) >= 11 is 0. The van der Waals surface area contributed by atoms with Crippen molar-refractivity contribution in [2.75, 3.05) is 24.6 Å². The summed E-state index contributed by atoms with van der Waals surface area (Å²) in [5.41, 5.74) is -0.0168. The molecule has 1 aliphatic rings. The molecule has 3 rings (SSSR count). The first-order valence-corrected chi connectivity index (χ1v) is 7.13. The molecule has 2 atom stereocenters. The maximum atomic E-state index is 12.5. The van der Waals surface area contributed by atoms with E-state index in [4.69, 9.17) is 0 Å². The highest BCUT2D eigenvalue weighted by atomic mass is 19.4. The van der Waals surface area contributed by atoms with E-state index in [0.717, 1.165) is 11.6 Å². The Hall–Kier alpha value is -2.16. The van der Waals surface area contributed by atoms with Crippen LogP contribution in [-0.4, -0.2) is 44.8 Å². The monoisotopic (exact) mass is 327 g/mol. The van der Waals surface area contributed by atoms with E-state index in [-0.39, 0.29) is 18.4 Å². The lowest BCUT2D eigenvalue weighted by Crippen LogP contribution is -2.22. The fourth-order valence-electron chi connectivity index (χ4n) is 2.90. The Morgan fingerprint density at radius 3 is 2.57 bits per heavy atom. The SMILES string of the molecule is Cn1cc([C@@H]2CN(c3ccc(C(F)(F)F)nn3)C[C@H]2CO)cn1. The van der Waals surface area contributed by atoms with Gasteiger partial charge in [-0.05, 0) is 17.7 Å². The lowest BCUT2D eigenvalue weighted by molar-refractivity contribution is -0.141. The number of rotatable bonds is 3. The second-order valence-electron chi connectivity index (χ2n) is 5.68. The highest BCUT2D eigenvalue weighted by molar-refractivity contribution is 5.41. The Labute approximate surface area is 130 Å². The predicted molar refractivity (Wildman–Crippen MR) is 75.8 cm³/mol. The lowest BCUT2D eigenvalue weighted by atomic mass is 9.92. The van der Waals surface area contributed by atoms with E-state index in [1.807, 2.05) is 18.1 Å². The standard InChI is InChI=1S/C14H16F3N5O/c1-21-5-9(4-18-21)11-7-22(6-10(11)8-23)13-3-2-12(19-20-13)14(15,16)17/h2-5,10-11,23H,6-8H2,1H3/t10-,11-/m0/s1. The molecule has 9 heteroatoms. The molecule has 0 saturated carbocycles. The van der Waals surface area contributed by atoms with Gasteiger partial charge in [-0.15, -0.1) is 10.2 Å². The molecule has 0 bridgehead atoms. The van der Waals surface area contributed by atoms with E-state index in [9.17, 15) is 18.3 Å². The third kappa shape index (κ3) is 3.14. The van der Waals surface area contributed by atoms with Gasteiger partial charge in [0.05, 0.1) is 6.20 Å². The molecule has 1 fully saturated rings. The fourth-order valence-corrected chi connectivity index (χ4v) is 2.90. The van der Waals surface area contributed by atoms with Crippen molar-refractivity contribution in [3.8, 4) is 0 Å². The highest BCUT2D eigenvalue weighted by Crippen LogP contribution is 2.35. The molecule has 23 heavy (non-hydrogen) atoms. The van der Waals surface area contributed by atoms with Gasteiger partial charge in [0.1, 0.15) is 0 Å². The number of halogens is 3. The first kappa shape index (κ1) is 15.7. The number of alkyl halides is 3. The zero-order valence-corrected chi connectivity index (χ0v) is 12.4. The van der Waals surface area contributed by atoms with E-state index >= 15 is 0 Å². The quantitative estimate of drug-likeness (QED) is 0.924. The van der Waals surface area contributed by atoms with Gasteiger partial charge < -0.3 is 10.0 Å². The number of aromatic nitrogens is 4. The van der Waals surface area contributed by atoms with Crippen molar-refractivity contribution in [2.24, 2.45) is 13.0 Å². The van der Waals surface area contributed by atoms with Gasteiger partial charge in [-0.2, -0.15) is 18.3 Å². The van der Waals surface area contributed by atoms with Crippen molar-refractivity contribution in [3.63, 3.8) is 0 Å². The first-order chi connectivity index (χ1) is 10.9. The third-order valence-electron chi connectivity index (χ3n) is 4.09. The molecule has 0 amide bonds. The second kappa shape index (κ2) is 5.80. The van der Waals surface area contributed by atoms with Crippen LogP contribution < -0.4 is 4.90 Å². The molecule has 1 N–H and O–H groups in total. The molecule has 0 spiro atoms. The Kier molecular flexibility index (Phi) is 3.97. The van der Waals surface area contributed by atoms with E-state index in [0.29, 0.717) is 18.9 Å². The van der Waals surface area contributed by atoms with Crippen molar-refractivity contribution in [1.29, 1.82) is 0 Å². The largest absolute Gasteiger partial charge is 0.435 e. The Bertz CT molecular complexity index is 670. The number of nitrogens with zero attached hydrogens (tertiary/aromatic N) is 5. The zero-order chi connectivity index (χ0) is 16.6. The molecule has 1 saturated heterocycles. The first-order valence-electron chi connectivity index (χ1n) is 7.13. The van der Waals surface area contributed by atoms with Crippen LogP contribution in [0.15, 0.2) is 24.5 Å². The van der Waals surface area contributed by atoms with Gasteiger partial charge in [0.25, 0.3) is 0 Å². The van der Waals surface area contributed by atoms with Gasteiger partial charge >= 0.3 is 6.18 Å². The summed E-state index contributed by atoms with van der Waals surface area (Å²) in [5.74, 6) is 0.406. The minimum Gasteiger partial charge on any atom is -0.396 e. The topological polar surface area (TPSA) is 67.1 Å². The van der Waals surface area contributed by atoms with E-state index in [1.165, 1.54) is 6.07 Å². The third-order valence-corrected chi connectivity index (χ3v) is 4.09. The van der Waals surface area contributed by atoms with Crippen LogP contribution in [-0.2, 0) is 13.2 Å². The van der Waals surface area contributed by atoms with Crippen LogP contribution in [0.4, 0.5) is 19.0 Å². The van der Waals surface area contributed by atoms with Crippen LogP contribution in [0, 0.1) is 5.92 Å². The normalized spacial score (nSPS) is 21.9. The molecule has 2 aromatic heterocycles. The predicted octanol–water partition coefficient (Wildman–Crippen LogP) is 1.44. The smallest absolute Gasteiger partial charge is 0.396 e. The summed E-state index contributed by atoms with van der Waals surface area (Å²) in [4.78, 5) is 1.84. The summed E-state index contributed by atoms with van der Waals surface area (Å²) in [6, 6.07) is 2.24. The minimum absolute atomic E-state index is 0.00980. The average Bonchev–Trinajstić information content (AvgIpc) is 3.12. The minimum atomic E-state index is -4.50. The number of hydrogen-bond acceptors (Lipinski definition) is 5. The van der Waals surface area contributed by atoms with Crippen molar-refractivity contribution in [3.05, 3.63) is 35.8 Å². The van der Waals surface area contributed by atoms with Gasteiger partial charge in [-0.1, -0.05) is 0 Å². The van der Waals surface area contributed by atoms with Gasteiger partial charge in [0, 0.05) is 44.8 Å². The van der Waals surface area contributed by atoms with Crippen LogP contribution in [0.5, 0.6) is 0 Å². The number of anilines is 1.